The van der Waals surface area contributed by atoms with Crippen molar-refractivity contribution in [2.24, 2.45) is 5.92 Å². The van der Waals surface area contributed by atoms with Crippen LogP contribution in [0, 0.1) is 5.92 Å². The summed E-state index contributed by atoms with van der Waals surface area (Å²) in [5.74, 6) is -1.04. The zero-order chi connectivity index (χ0) is 27.6. The van der Waals surface area contributed by atoms with Crippen molar-refractivity contribution in [2.45, 2.75) is 103 Å². The van der Waals surface area contributed by atoms with Crippen LogP contribution in [-0.4, -0.2) is 59.5 Å². The molecule has 4 atom stereocenters. The Morgan fingerprint density at radius 2 is 1.89 bits per heavy atom. The number of allylic oxidation sites excluding steroid dienone is 3. The zero-order valence-corrected chi connectivity index (χ0v) is 22.8. The molecule has 1 aliphatic heterocycles. The molecule has 2 unspecified atom stereocenters. The van der Waals surface area contributed by atoms with Crippen LogP contribution < -0.4 is 21.3 Å². The second kappa shape index (κ2) is 18.3. The Morgan fingerprint density at radius 3 is 2.59 bits per heavy atom. The van der Waals surface area contributed by atoms with Gasteiger partial charge in [-0.05, 0) is 51.9 Å². The minimum Gasteiger partial charge on any atom is -0.391 e. The summed E-state index contributed by atoms with van der Waals surface area (Å²) in [7, 11) is 0. The highest BCUT2D eigenvalue weighted by molar-refractivity contribution is 5.95. The maximum absolute atomic E-state index is 12.9. The van der Waals surface area contributed by atoms with Crippen molar-refractivity contribution in [1.82, 2.24) is 21.3 Å². The highest BCUT2D eigenvalue weighted by Gasteiger charge is 2.29. The van der Waals surface area contributed by atoms with Gasteiger partial charge in [0.2, 0.25) is 23.6 Å². The van der Waals surface area contributed by atoms with Gasteiger partial charge in [-0.2, -0.15) is 0 Å². The Kier molecular flexibility index (Phi) is 15.9. The average Bonchev–Trinajstić information content (AvgIpc) is 2.82. The van der Waals surface area contributed by atoms with Gasteiger partial charge in [-0.1, -0.05) is 57.4 Å². The van der Waals surface area contributed by atoms with Crippen molar-refractivity contribution in [1.29, 1.82) is 0 Å². The van der Waals surface area contributed by atoms with Crippen LogP contribution in [0.1, 0.15) is 79.1 Å². The first kappa shape index (κ1) is 32.1. The molecule has 9 heteroatoms. The van der Waals surface area contributed by atoms with E-state index in [1.54, 1.807) is 25.2 Å². The molecule has 0 aromatic rings. The molecule has 0 radical (unpaired) electrons. The summed E-state index contributed by atoms with van der Waals surface area (Å²) in [4.78, 5) is 49.7. The molecule has 37 heavy (non-hydrogen) atoms. The van der Waals surface area contributed by atoms with E-state index in [2.05, 4.69) is 35.1 Å². The molecule has 1 aliphatic rings. The molecule has 0 fully saturated rings. The maximum atomic E-state index is 12.9. The first-order valence-corrected chi connectivity index (χ1v) is 13.5. The van der Waals surface area contributed by atoms with E-state index in [0.29, 0.717) is 25.8 Å². The largest absolute Gasteiger partial charge is 0.391 e. The first-order valence-electron chi connectivity index (χ1n) is 13.5. The van der Waals surface area contributed by atoms with Crippen LogP contribution in [0.5, 0.6) is 0 Å². The van der Waals surface area contributed by atoms with Gasteiger partial charge in [0.25, 0.3) is 0 Å². The molecule has 9 nitrogen and oxygen atoms in total. The molecule has 0 saturated carbocycles. The van der Waals surface area contributed by atoms with E-state index in [0.717, 1.165) is 18.8 Å². The molecular weight excluding hydrogens is 472 g/mol. The van der Waals surface area contributed by atoms with E-state index in [4.69, 9.17) is 0 Å². The van der Waals surface area contributed by atoms with Gasteiger partial charge in [0.05, 0.1) is 6.10 Å². The van der Waals surface area contributed by atoms with Gasteiger partial charge in [-0.15, -0.1) is 0 Å². The topological polar surface area (TPSA) is 137 Å². The molecule has 0 aliphatic carbocycles. The molecule has 0 aromatic carbocycles. The molecule has 0 saturated heterocycles. The Hall–Kier alpha value is -2.94. The van der Waals surface area contributed by atoms with Crippen LogP contribution in [0.3, 0.4) is 0 Å². The number of hydrogen-bond acceptors (Lipinski definition) is 5. The minimum absolute atomic E-state index is 0.219. The molecule has 4 amide bonds. The summed E-state index contributed by atoms with van der Waals surface area (Å²) in [6.45, 7) is 8.04. The number of aliphatic hydroxyl groups excluding tert-OH is 1. The van der Waals surface area contributed by atoms with E-state index in [9.17, 15) is 24.3 Å². The maximum Gasteiger partial charge on any atom is 0.245 e. The number of rotatable bonds is 12. The quantitative estimate of drug-likeness (QED) is 0.154. The number of amides is 4. The van der Waals surface area contributed by atoms with Crippen molar-refractivity contribution in [3.8, 4) is 0 Å². The highest BCUT2D eigenvalue weighted by atomic mass is 16.3. The number of carbonyl (C=O) groups is 4. The minimum atomic E-state index is -1.21. The summed E-state index contributed by atoms with van der Waals surface area (Å²) < 4.78 is 0. The van der Waals surface area contributed by atoms with Crippen LogP contribution in [0.25, 0.3) is 0 Å². The monoisotopic (exact) mass is 518 g/mol. The van der Waals surface area contributed by atoms with Gasteiger partial charge in [0.1, 0.15) is 12.1 Å². The second-order valence-corrected chi connectivity index (χ2v) is 10.1. The predicted octanol–water partition coefficient (Wildman–Crippen LogP) is 2.42. The SMILES string of the molecule is CC(C)CCCCC/C=C/C=C/C(=O)N[C@H](C(=O)NC1CCCCNC(=O)/C=C/[C@H](C)NC1=O)C(C)O. The number of unbranched alkanes of at least 4 members (excludes halogenated alkanes) is 3. The van der Waals surface area contributed by atoms with E-state index in [-0.39, 0.29) is 5.91 Å². The van der Waals surface area contributed by atoms with Gasteiger partial charge in [-0.25, -0.2) is 0 Å². The molecule has 5 N–H and O–H groups in total. The number of aliphatic hydroxyl groups is 1. The van der Waals surface area contributed by atoms with Crippen LogP contribution in [-0.2, 0) is 19.2 Å². The van der Waals surface area contributed by atoms with Crippen LogP contribution >= 0.6 is 0 Å². The lowest BCUT2D eigenvalue weighted by atomic mass is 10.0. The zero-order valence-electron chi connectivity index (χ0n) is 22.8. The van der Waals surface area contributed by atoms with Gasteiger partial charge in [0, 0.05) is 24.7 Å². The number of nitrogens with one attached hydrogen (secondary N) is 4. The number of carbonyl (C=O) groups excluding carboxylic acids is 4. The third kappa shape index (κ3) is 15.0. The lowest BCUT2D eigenvalue weighted by Gasteiger charge is -2.25. The van der Waals surface area contributed by atoms with Gasteiger partial charge in [-0.3, -0.25) is 19.2 Å². The first-order chi connectivity index (χ1) is 17.6. The van der Waals surface area contributed by atoms with Gasteiger partial charge < -0.3 is 26.4 Å². The standard InChI is InChI=1S/C28H46N4O5/c1-20(2)14-10-8-6-5-7-9-11-16-25(35)32-26(22(4)33)28(37)31-23-15-12-13-19-29-24(34)18-17-21(3)30-27(23)36/h7,9,11,16-18,20-23,26,33H,5-6,8,10,12-15,19H2,1-4H3,(H,29,34)(H,30,36)(H,31,37)(H,32,35)/b9-7+,16-11+,18-17+/t21-,22?,23?,26-/m0/s1. The Bertz CT molecular complexity index is 819. The lowest BCUT2D eigenvalue weighted by molar-refractivity contribution is -0.133. The van der Waals surface area contributed by atoms with Crippen LogP contribution in [0.15, 0.2) is 36.5 Å². The van der Waals surface area contributed by atoms with Gasteiger partial charge >= 0.3 is 0 Å². The van der Waals surface area contributed by atoms with Crippen molar-refractivity contribution < 1.29 is 24.3 Å². The summed E-state index contributed by atoms with van der Waals surface area (Å²) in [6.07, 6.45) is 15.8. The average molecular weight is 519 g/mol. The lowest BCUT2D eigenvalue weighted by Crippen LogP contribution is -2.57. The predicted molar refractivity (Wildman–Crippen MR) is 145 cm³/mol. The summed E-state index contributed by atoms with van der Waals surface area (Å²) >= 11 is 0. The summed E-state index contributed by atoms with van der Waals surface area (Å²) in [5.41, 5.74) is 0. The van der Waals surface area contributed by atoms with E-state index < -0.39 is 42.0 Å². The smallest absolute Gasteiger partial charge is 0.245 e. The van der Waals surface area contributed by atoms with Crippen molar-refractivity contribution >= 4 is 23.6 Å². The fraction of sp³-hybridized carbons (Fsp3) is 0.643. The highest BCUT2D eigenvalue weighted by Crippen LogP contribution is 2.09. The molecule has 1 rings (SSSR count). The third-order valence-corrected chi connectivity index (χ3v) is 5.97. The van der Waals surface area contributed by atoms with Crippen molar-refractivity contribution in [2.75, 3.05) is 6.54 Å². The molecule has 0 bridgehead atoms. The van der Waals surface area contributed by atoms with E-state index in [1.807, 2.05) is 6.08 Å². The number of hydrogen-bond donors (Lipinski definition) is 5. The Morgan fingerprint density at radius 1 is 1.14 bits per heavy atom. The molecule has 208 valence electrons. The van der Waals surface area contributed by atoms with E-state index in [1.165, 1.54) is 38.3 Å². The van der Waals surface area contributed by atoms with Crippen LogP contribution in [0.4, 0.5) is 0 Å². The normalized spacial score (nSPS) is 22.0. The Labute approximate surface area is 221 Å². The molecular formula is C28H46N4O5. The summed E-state index contributed by atoms with van der Waals surface area (Å²) in [5, 5.41) is 20.8. The van der Waals surface area contributed by atoms with Crippen molar-refractivity contribution in [3.05, 3.63) is 36.5 Å². The molecule has 0 aromatic heterocycles. The fourth-order valence-electron chi connectivity index (χ4n) is 3.80. The second-order valence-electron chi connectivity index (χ2n) is 10.1. The van der Waals surface area contributed by atoms with Crippen LogP contribution in [0.2, 0.25) is 0 Å². The Balaban J connectivity index is 2.63. The third-order valence-electron chi connectivity index (χ3n) is 5.97. The van der Waals surface area contributed by atoms with Gasteiger partial charge in [0.15, 0.2) is 0 Å². The molecule has 0 spiro atoms. The summed E-state index contributed by atoms with van der Waals surface area (Å²) in [6, 6.07) is -2.47. The molecule has 1 heterocycles. The van der Waals surface area contributed by atoms with Crippen molar-refractivity contribution in [3.63, 3.8) is 0 Å². The fourth-order valence-corrected chi connectivity index (χ4v) is 3.80. The van der Waals surface area contributed by atoms with E-state index >= 15 is 0 Å².